The molecule has 0 aromatic heterocycles. The fourth-order valence-electron chi connectivity index (χ4n) is 3.43. The minimum Gasteiger partial charge on any atom is -0.0675 e. The highest BCUT2D eigenvalue weighted by molar-refractivity contribution is 6.92. The first-order valence-electron chi connectivity index (χ1n) is 8.28. The van der Waals surface area contributed by atoms with Gasteiger partial charge in [-0.2, -0.15) is 0 Å². The van der Waals surface area contributed by atoms with Gasteiger partial charge < -0.3 is 0 Å². The van der Waals surface area contributed by atoms with Crippen LogP contribution in [0.1, 0.15) is 45.7 Å². The van der Waals surface area contributed by atoms with Gasteiger partial charge in [0.1, 0.15) is 0 Å². The lowest BCUT2D eigenvalue weighted by molar-refractivity contribution is 0.587. The zero-order chi connectivity index (χ0) is 15.8. The summed E-state index contributed by atoms with van der Waals surface area (Å²) in [6, 6.07) is 14.2. The van der Waals surface area contributed by atoms with Crippen LogP contribution in [0.5, 0.6) is 0 Å². The molecule has 0 unspecified atom stereocenters. The van der Waals surface area contributed by atoms with Gasteiger partial charge in [-0.25, -0.2) is 0 Å². The summed E-state index contributed by atoms with van der Waals surface area (Å²) >= 11 is 0. The van der Waals surface area contributed by atoms with Crippen molar-refractivity contribution in [1.82, 2.24) is 0 Å². The minimum atomic E-state index is -1.37. The number of benzene rings is 2. The smallest absolute Gasteiger partial charge is 0.0675 e. The monoisotopic (exact) mass is 298 g/mol. The first-order valence-corrected chi connectivity index (χ1v) is 11.2. The van der Waals surface area contributed by atoms with E-state index in [4.69, 9.17) is 0 Å². The van der Waals surface area contributed by atoms with Gasteiger partial charge in [0.15, 0.2) is 0 Å². The molecule has 0 aliphatic carbocycles. The van der Waals surface area contributed by atoms with E-state index in [1.165, 1.54) is 34.0 Å². The molecule has 2 aromatic rings. The highest BCUT2D eigenvalue weighted by Gasteiger charge is 2.29. The summed E-state index contributed by atoms with van der Waals surface area (Å²) in [4.78, 5) is 0. The summed E-state index contributed by atoms with van der Waals surface area (Å²) in [7, 11) is -1.37. The van der Waals surface area contributed by atoms with Gasteiger partial charge >= 0.3 is 0 Å². The van der Waals surface area contributed by atoms with Crippen LogP contribution in [-0.4, -0.2) is 8.07 Å². The van der Waals surface area contributed by atoms with Gasteiger partial charge in [0.25, 0.3) is 0 Å². The maximum absolute atomic E-state index is 2.55. The van der Waals surface area contributed by atoms with Crippen molar-refractivity contribution in [2.45, 2.75) is 65.6 Å². The van der Waals surface area contributed by atoms with Crippen LogP contribution in [0.15, 0.2) is 30.3 Å². The van der Waals surface area contributed by atoms with Gasteiger partial charge in [-0.05, 0) is 34.2 Å². The molecular weight excluding hydrogens is 268 g/mol. The Morgan fingerprint density at radius 3 is 1.95 bits per heavy atom. The van der Waals surface area contributed by atoms with Crippen LogP contribution < -0.4 is 5.19 Å². The highest BCUT2D eigenvalue weighted by Crippen LogP contribution is 2.32. The Hall–Kier alpha value is -1.08. The van der Waals surface area contributed by atoms with Crippen LogP contribution >= 0.6 is 0 Å². The number of aryl methyl sites for hydroxylation is 1. The van der Waals surface area contributed by atoms with Gasteiger partial charge in [-0.15, -0.1) is 0 Å². The Bertz CT molecular complexity index is 643. The van der Waals surface area contributed by atoms with Crippen molar-refractivity contribution in [1.29, 1.82) is 0 Å². The molecule has 0 fully saturated rings. The standard InChI is InChI=1S/C20H30Si/c1-8-21(7,9-2)19-14-18(20(4,5)6)15(3)16-12-10-11-13-17(16)19/h10-14H,8-9H2,1-7H3. The summed E-state index contributed by atoms with van der Waals surface area (Å²) in [5.74, 6) is 0. The summed E-state index contributed by atoms with van der Waals surface area (Å²) in [6.45, 7) is 16.6. The second-order valence-corrected chi connectivity index (χ2v) is 12.7. The summed E-state index contributed by atoms with van der Waals surface area (Å²) in [5.41, 5.74) is 3.20. The normalized spacial score (nSPS) is 12.9. The van der Waals surface area contributed by atoms with Gasteiger partial charge in [-0.1, -0.05) is 88.8 Å². The Kier molecular flexibility index (Phi) is 4.35. The average Bonchev–Trinajstić information content (AvgIpc) is 2.46. The molecule has 0 bridgehead atoms. The molecule has 21 heavy (non-hydrogen) atoms. The molecule has 0 saturated carbocycles. The van der Waals surface area contributed by atoms with Crippen LogP contribution in [0.4, 0.5) is 0 Å². The molecule has 0 spiro atoms. The van der Waals surface area contributed by atoms with Gasteiger partial charge in [-0.3, -0.25) is 0 Å². The van der Waals surface area contributed by atoms with E-state index in [1.54, 1.807) is 5.19 Å². The van der Waals surface area contributed by atoms with Crippen molar-refractivity contribution in [3.63, 3.8) is 0 Å². The van der Waals surface area contributed by atoms with E-state index >= 15 is 0 Å². The van der Waals surface area contributed by atoms with Crippen molar-refractivity contribution in [2.75, 3.05) is 0 Å². The average molecular weight is 299 g/mol. The van der Waals surface area contributed by atoms with Crippen molar-refractivity contribution in [2.24, 2.45) is 0 Å². The lowest BCUT2D eigenvalue weighted by Gasteiger charge is -2.31. The zero-order valence-electron chi connectivity index (χ0n) is 14.8. The Morgan fingerprint density at radius 1 is 0.952 bits per heavy atom. The van der Waals surface area contributed by atoms with E-state index in [0.717, 1.165) is 0 Å². The predicted molar refractivity (Wildman–Crippen MR) is 99.6 cm³/mol. The molecule has 0 amide bonds. The van der Waals surface area contributed by atoms with Gasteiger partial charge in [0.05, 0.1) is 8.07 Å². The molecule has 0 heterocycles. The lowest BCUT2D eigenvalue weighted by atomic mass is 9.82. The number of hydrogen-bond donors (Lipinski definition) is 0. The van der Waals surface area contributed by atoms with Crippen LogP contribution in [0, 0.1) is 6.92 Å². The van der Waals surface area contributed by atoms with Gasteiger partial charge in [0, 0.05) is 0 Å². The fourth-order valence-corrected chi connectivity index (χ4v) is 6.05. The topological polar surface area (TPSA) is 0 Å². The van der Waals surface area contributed by atoms with Gasteiger partial charge in [0.2, 0.25) is 0 Å². The van der Waals surface area contributed by atoms with Crippen LogP contribution in [0.2, 0.25) is 18.6 Å². The molecule has 0 radical (unpaired) electrons. The third kappa shape index (κ3) is 2.81. The number of hydrogen-bond acceptors (Lipinski definition) is 0. The first kappa shape index (κ1) is 16.3. The minimum absolute atomic E-state index is 0.208. The van der Waals surface area contributed by atoms with Crippen molar-refractivity contribution in [3.05, 3.63) is 41.5 Å². The van der Waals surface area contributed by atoms with Crippen molar-refractivity contribution < 1.29 is 0 Å². The first-order chi connectivity index (χ1) is 9.74. The second kappa shape index (κ2) is 5.60. The Balaban J connectivity index is 2.90. The van der Waals surface area contributed by atoms with E-state index in [1.807, 2.05) is 0 Å². The van der Waals surface area contributed by atoms with Crippen molar-refractivity contribution >= 4 is 24.0 Å². The molecule has 0 atom stereocenters. The highest BCUT2D eigenvalue weighted by atomic mass is 28.3. The second-order valence-electron chi connectivity index (χ2n) is 7.66. The summed E-state index contributed by atoms with van der Waals surface area (Å²) < 4.78 is 0. The summed E-state index contributed by atoms with van der Waals surface area (Å²) in [6.07, 6.45) is 0. The van der Waals surface area contributed by atoms with E-state index in [2.05, 4.69) is 78.4 Å². The largest absolute Gasteiger partial charge is 0.0839 e. The van der Waals surface area contributed by atoms with E-state index < -0.39 is 8.07 Å². The van der Waals surface area contributed by atoms with Crippen LogP contribution in [0.3, 0.4) is 0 Å². The molecule has 0 aliphatic heterocycles. The molecular formula is C20H30Si. The number of fused-ring (bicyclic) bond motifs is 1. The lowest BCUT2D eigenvalue weighted by Crippen LogP contribution is -2.44. The van der Waals surface area contributed by atoms with E-state index in [9.17, 15) is 0 Å². The molecule has 0 N–H and O–H groups in total. The van der Waals surface area contributed by atoms with E-state index in [-0.39, 0.29) is 5.41 Å². The molecule has 2 aromatic carbocycles. The predicted octanol–water partition coefficient (Wildman–Crippen LogP) is 5.77. The molecule has 0 saturated heterocycles. The zero-order valence-corrected chi connectivity index (χ0v) is 15.8. The maximum Gasteiger partial charge on any atom is 0.0839 e. The molecule has 0 nitrogen and oxygen atoms in total. The maximum atomic E-state index is 2.55. The number of rotatable bonds is 3. The third-order valence-corrected chi connectivity index (χ3v) is 10.2. The van der Waals surface area contributed by atoms with E-state index in [0.29, 0.717) is 0 Å². The molecule has 1 heteroatoms. The summed E-state index contributed by atoms with van der Waals surface area (Å²) in [5, 5.41) is 4.63. The van der Waals surface area contributed by atoms with Crippen LogP contribution in [0.25, 0.3) is 10.8 Å². The Morgan fingerprint density at radius 2 is 1.48 bits per heavy atom. The fraction of sp³-hybridized carbons (Fsp3) is 0.500. The third-order valence-electron chi connectivity index (χ3n) is 5.33. The Labute approximate surface area is 131 Å². The molecule has 2 rings (SSSR count). The molecule has 0 aliphatic rings. The molecule has 114 valence electrons. The quantitative estimate of drug-likeness (QED) is 0.631. The van der Waals surface area contributed by atoms with Crippen molar-refractivity contribution in [3.8, 4) is 0 Å². The van der Waals surface area contributed by atoms with Crippen LogP contribution in [-0.2, 0) is 5.41 Å². The SMILES string of the molecule is CC[Si](C)(CC)c1cc(C(C)(C)C)c(C)c2ccccc12.